The predicted octanol–water partition coefficient (Wildman–Crippen LogP) is 4.49. The average Bonchev–Trinajstić information content (AvgIpc) is 2.82. The maximum absolute atomic E-state index is 13.9. The van der Waals surface area contributed by atoms with E-state index in [0.717, 1.165) is 23.7 Å². The number of anilines is 1. The molecule has 0 bridgehead atoms. The minimum absolute atomic E-state index is 0.0800. The molecule has 2 atom stereocenters. The second-order valence-electron chi connectivity index (χ2n) is 5.47. The van der Waals surface area contributed by atoms with E-state index >= 15 is 0 Å². The van der Waals surface area contributed by atoms with Crippen molar-refractivity contribution in [1.29, 1.82) is 0 Å². The van der Waals surface area contributed by atoms with E-state index in [2.05, 4.69) is 26.9 Å². The summed E-state index contributed by atoms with van der Waals surface area (Å²) in [7, 11) is 0. The van der Waals surface area contributed by atoms with Gasteiger partial charge in [-0.25, -0.2) is 4.39 Å². The number of rotatable bonds is 2. The Hall–Kier alpha value is -0.570. The Bertz CT molecular complexity index is 435. The molecule has 98 valence electrons. The predicted molar refractivity (Wildman–Crippen MR) is 76.7 cm³/mol. The lowest BCUT2D eigenvalue weighted by Crippen LogP contribution is -2.35. The van der Waals surface area contributed by atoms with Crippen LogP contribution in [0.1, 0.15) is 37.7 Å². The van der Waals surface area contributed by atoms with Crippen LogP contribution < -0.4 is 4.90 Å². The summed E-state index contributed by atoms with van der Waals surface area (Å²) in [6.45, 7) is 1.10. The zero-order valence-electron chi connectivity index (χ0n) is 10.5. The van der Waals surface area contributed by atoms with E-state index in [-0.39, 0.29) is 5.82 Å². The number of nitrogens with zero attached hydrogens (tertiary/aromatic N) is 1. The lowest BCUT2D eigenvalue weighted by Gasteiger charge is -2.34. The van der Waals surface area contributed by atoms with E-state index in [4.69, 9.17) is 0 Å². The van der Waals surface area contributed by atoms with Crippen molar-refractivity contribution in [3.63, 3.8) is 0 Å². The van der Waals surface area contributed by atoms with Crippen molar-refractivity contribution in [2.45, 2.75) is 43.5 Å². The van der Waals surface area contributed by atoms with E-state index < -0.39 is 0 Å². The fraction of sp³-hybridized carbons (Fsp3) is 0.600. The van der Waals surface area contributed by atoms with Gasteiger partial charge >= 0.3 is 0 Å². The molecule has 2 unspecified atom stereocenters. The minimum atomic E-state index is -0.0800. The SMILES string of the molecule is Fc1cccc(N2CCC3CCCCC32)c1CBr. The van der Waals surface area contributed by atoms with E-state index in [1.54, 1.807) is 6.07 Å². The summed E-state index contributed by atoms with van der Waals surface area (Å²) < 4.78 is 13.9. The van der Waals surface area contributed by atoms with Crippen LogP contribution in [-0.4, -0.2) is 12.6 Å². The van der Waals surface area contributed by atoms with Gasteiger partial charge in [-0.05, 0) is 37.3 Å². The molecule has 18 heavy (non-hydrogen) atoms. The van der Waals surface area contributed by atoms with Crippen molar-refractivity contribution in [1.82, 2.24) is 0 Å². The number of hydrogen-bond acceptors (Lipinski definition) is 1. The summed E-state index contributed by atoms with van der Waals surface area (Å²) in [5, 5.41) is 0.600. The molecule has 1 saturated heterocycles. The standard InChI is InChI=1S/C15H19BrFN/c16-10-12-13(17)5-3-7-15(12)18-9-8-11-4-1-2-6-14(11)18/h3,5,7,11,14H,1-2,4,6,8-10H2. The summed E-state index contributed by atoms with van der Waals surface area (Å²) in [5.41, 5.74) is 1.94. The fourth-order valence-corrected chi connectivity index (χ4v) is 4.21. The maximum Gasteiger partial charge on any atom is 0.129 e. The lowest BCUT2D eigenvalue weighted by atomic mass is 9.85. The molecule has 0 amide bonds. The Kier molecular flexibility index (Phi) is 3.60. The van der Waals surface area contributed by atoms with Gasteiger partial charge in [-0.3, -0.25) is 0 Å². The summed E-state index contributed by atoms with van der Waals surface area (Å²) in [6, 6.07) is 6.14. The van der Waals surface area contributed by atoms with Crippen molar-refractivity contribution < 1.29 is 4.39 Å². The van der Waals surface area contributed by atoms with Crippen LogP contribution in [0.4, 0.5) is 10.1 Å². The van der Waals surface area contributed by atoms with Crippen LogP contribution in [0, 0.1) is 11.7 Å². The van der Waals surface area contributed by atoms with Gasteiger partial charge in [0.05, 0.1) is 0 Å². The van der Waals surface area contributed by atoms with Crippen LogP contribution in [0.3, 0.4) is 0 Å². The van der Waals surface area contributed by atoms with Gasteiger partial charge in [0.25, 0.3) is 0 Å². The van der Waals surface area contributed by atoms with Crippen molar-refractivity contribution in [2.24, 2.45) is 5.92 Å². The third-order valence-electron chi connectivity index (χ3n) is 4.55. The van der Waals surface area contributed by atoms with Crippen LogP contribution in [-0.2, 0) is 5.33 Å². The molecule has 1 aliphatic heterocycles. The molecule has 0 aromatic heterocycles. The van der Waals surface area contributed by atoms with Crippen molar-refractivity contribution in [3.05, 3.63) is 29.6 Å². The monoisotopic (exact) mass is 311 g/mol. The molecular formula is C15H19BrFN. The third-order valence-corrected chi connectivity index (χ3v) is 5.11. The zero-order valence-corrected chi connectivity index (χ0v) is 12.1. The van der Waals surface area contributed by atoms with E-state index in [1.807, 2.05) is 6.07 Å². The Labute approximate surface area is 116 Å². The highest BCUT2D eigenvalue weighted by atomic mass is 79.9. The Morgan fingerprint density at radius 1 is 1.22 bits per heavy atom. The van der Waals surface area contributed by atoms with Crippen LogP contribution >= 0.6 is 15.9 Å². The van der Waals surface area contributed by atoms with E-state index in [1.165, 1.54) is 32.1 Å². The highest BCUT2D eigenvalue weighted by Crippen LogP contribution is 2.40. The molecule has 1 saturated carbocycles. The van der Waals surface area contributed by atoms with Gasteiger partial charge in [0.1, 0.15) is 5.82 Å². The molecular weight excluding hydrogens is 293 g/mol. The Balaban J connectivity index is 1.93. The molecule has 3 rings (SSSR count). The molecule has 2 fully saturated rings. The summed E-state index contributed by atoms with van der Waals surface area (Å²) in [6.07, 6.45) is 6.63. The van der Waals surface area contributed by atoms with Crippen molar-refractivity contribution in [3.8, 4) is 0 Å². The lowest BCUT2D eigenvalue weighted by molar-refractivity contribution is 0.342. The van der Waals surface area contributed by atoms with E-state index in [0.29, 0.717) is 11.4 Å². The number of alkyl halides is 1. The first-order valence-electron chi connectivity index (χ1n) is 6.91. The first kappa shape index (κ1) is 12.5. The third kappa shape index (κ3) is 2.07. The van der Waals surface area contributed by atoms with Gasteiger partial charge in [-0.15, -0.1) is 0 Å². The van der Waals surface area contributed by atoms with Gasteiger partial charge in [0.2, 0.25) is 0 Å². The summed E-state index contributed by atoms with van der Waals surface area (Å²) in [4.78, 5) is 2.46. The molecule has 0 N–H and O–H groups in total. The fourth-order valence-electron chi connectivity index (χ4n) is 3.65. The van der Waals surface area contributed by atoms with Crippen molar-refractivity contribution in [2.75, 3.05) is 11.4 Å². The van der Waals surface area contributed by atoms with E-state index in [9.17, 15) is 4.39 Å². The largest absolute Gasteiger partial charge is 0.368 e. The van der Waals surface area contributed by atoms with Gasteiger partial charge in [-0.2, -0.15) is 0 Å². The molecule has 2 aliphatic rings. The molecule has 1 aromatic rings. The maximum atomic E-state index is 13.9. The van der Waals surface area contributed by atoms with Crippen LogP contribution in [0.5, 0.6) is 0 Å². The van der Waals surface area contributed by atoms with Gasteiger partial charge in [0, 0.05) is 29.2 Å². The molecule has 1 nitrogen and oxygen atoms in total. The van der Waals surface area contributed by atoms with Crippen molar-refractivity contribution >= 4 is 21.6 Å². The van der Waals surface area contributed by atoms with Crippen LogP contribution in [0.25, 0.3) is 0 Å². The van der Waals surface area contributed by atoms with Gasteiger partial charge in [-0.1, -0.05) is 34.8 Å². The normalized spacial score (nSPS) is 27.3. The highest BCUT2D eigenvalue weighted by Gasteiger charge is 2.36. The first-order chi connectivity index (χ1) is 8.81. The van der Waals surface area contributed by atoms with Crippen LogP contribution in [0.2, 0.25) is 0 Å². The quantitative estimate of drug-likeness (QED) is 0.727. The molecule has 0 radical (unpaired) electrons. The molecule has 3 heteroatoms. The highest BCUT2D eigenvalue weighted by molar-refractivity contribution is 9.08. The molecule has 1 aromatic carbocycles. The smallest absolute Gasteiger partial charge is 0.129 e. The number of benzene rings is 1. The van der Waals surface area contributed by atoms with Gasteiger partial charge in [0.15, 0.2) is 0 Å². The Morgan fingerprint density at radius 3 is 2.89 bits per heavy atom. The summed E-state index contributed by atoms with van der Waals surface area (Å²) in [5.74, 6) is 0.758. The molecule has 1 heterocycles. The average molecular weight is 312 g/mol. The molecule has 0 spiro atoms. The molecule has 1 aliphatic carbocycles. The first-order valence-corrected chi connectivity index (χ1v) is 8.03. The van der Waals surface area contributed by atoms with Crippen LogP contribution in [0.15, 0.2) is 18.2 Å². The summed E-state index contributed by atoms with van der Waals surface area (Å²) >= 11 is 3.43. The second-order valence-corrected chi connectivity index (χ2v) is 6.03. The number of halogens is 2. The number of hydrogen-bond donors (Lipinski definition) is 0. The topological polar surface area (TPSA) is 3.24 Å². The minimum Gasteiger partial charge on any atom is -0.368 e. The number of fused-ring (bicyclic) bond motifs is 1. The van der Waals surface area contributed by atoms with Gasteiger partial charge < -0.3 is 4.90 Å². The Morgan fingerprint density at radius 2 is 2.06 bits per heavy atom. The second kappa shape index (κ2) is 5.20. The zero-order chi connectivity index (χ0) is 12.5.